The number of hydrogen-bond donors (Lipinski definition) is 2. The zero-order chi connectivity index (χ0) is 25.8. The number of rotatable bonds is 8. The highest BCUT2D eigenvalue weighted by Gasteiger charge is 2.21. The third-order valence-corrected chi connectivity index (χ3v) is 7.06. The van der Waals surface area contributed by atoms with E-state index in [0.717, 1.165) is 34.4 Å². The molecule has 0 saturated carbocycles. The molecule has 0 atom stereocenters. The van der Waals surface area contributed by atoms with Gasteiger partial charge in [-0.1, -0.05) is 49.9 Å². The van der Waals surface area contributed by atoms with Gasteiger partial charge in [-0.2, -0.15) is 0 Å². The third-order valence-electron chi connectivity index (χ3n) is 6.06. The summed E-state index contributed by atoms with van der Waals surface area (Å²) in [6, 6.07) is 19.3. The van der Waals surface area contributed by atoms with Crippen LogP contribution in [0, 0.1) is 0 Å². The zero-order valence-electron chi connectivity index (χ0n) is 20.6. The number of benzene rings is 2. The molecule has 0 unspecified atom stereocenters. The van der Waals surface area contributed by atoms with Gasteiger partial charge in [0.05, 0.1) is 5.56 Å². The van der Waals surface area contributed by atoms with Crippen LogP contribution >= 0.6 is 11.8 Å². The fourth-order valence-corrected chi connectivity index (χ4v) is 5.02. The highest BCUT2D eigenvalue weighted by Crippen LogP contribution is 2.39. The molecule has 5 aromatic rings. The van der Waals surface area contributed by atoms with Crippen LogP contribution in [0.25, 0.3) is 17.1 Å². The van der Waals surface area contributed by atoms with Gasteiger partial charge in [-0.25, -0.2) is 0 Å². The van der Waals surface area contributed by atoms with E-state index in [2.05, 4.69) is 38.4 Å². The number of phenolic OH excluding ortho intramolecular Hbond substituents is 2. The van der Waals surface area contributed by atoms with Crippen LogP contribution in [0.5, 0.6) is 11.5 Å². The van der Waals surface area contributed by atoms with Gasteiger partial charge in [0.2, 0.25) is 0 Å². The van der Waals surface area contributed by atoms with Crippen LogP contribution in [0.2, 0.25) is 0 Å². The molecule has 0 aliphatic rings. The van der Waals surface area contributed by atoms with Gasteiger partial charge in [0.1, 0.15) is 11.5 Å². The van der Waals surface area contributed by atoms with Crippen molar-refractivity contribution in [1.29, 1.82) is 0 Å². The fourth-order valence-electron chi connectivity index (χ4n) is 4.14. The number of hydrogen-bond acceptors (Lipinski definition) is 7. The Morgan fingerprint density at radius 1 is 0.811 bits per heavy atom. The van der Waals surface area contributed by atoms with Crippen LogP contribution in [-0.2, 0) is 12.2 Å². The lowest BCUT2D eigenvalue weighted by Crippen LogP contribution is -2.01. The maximum Gasteiger partial charge on any atom is 0.196 e. The van der Waals surface area contributed by atoms with Crippen molar-refractivity contribution >= 4 is 11.8 Å². The van der Waals surface area contributed by atoms with E-state index in [9.17, 15) is 10.2 Å². The lowest BCUT2D eigenvalue weighted by Gasteiger charge is -2.15. The van der Waals surface area contributed by atoms with E-state index in [0.29, 0.717) is 22.3 Å². The minimum Gasteiger partial charge on any atom is -0.508 e. The average Bonchev–Trinajstić information content (AvgIpc) is 3.32. The summed E-state index contributed by atoms with van der Waals surface area (Å²) in [5.41, 5.74) is 5.50. The Morgan fingerprint density at radius 2 is 1.51 bits per heavy atom. The number of aromatic nitrogens is 5. The van der Waals surface area contributed by atoms with E-state index in [1.165, 1.54) is 6.07 Å². The molecule has 3 heterocycles. The Kier molecular flexibility index (Phi) is 7.18. The predicted molar refractivity (Wildman–Crippen MR) is 145 cm³/mol. The van der Waals surface area contributed by atoms with Gasteiger partial charge in [-0.05, 0) is 64.9 Å². The second kappa shape index (κ2) is 10.8. The summed E-state index contributed by atoms with van der Waals surface area (Å²) in [7, 11) is 0. The highest BCUT2D eigenvalue weighted by molar-refractivity contribution is 7.98. The maximum absolute atomic E-state index is 10.8. The molecule has 5 rings (SSSR count). The molecule has 0 fully saturated rings. The van der Waals surface area contributed by atoms with Crippen molar-refractivity contribution in [1.82, 2.24) is 24.7 Å². The fraction of sp³-hybridized carbons (Fsp3) is 0.172. The first kappa shape index (κ1) is 24.5. The summed E-state index contributed by atoms with van der Waals surface area (Å²) in [6.07, 6.45) is 8.01. The van der Waals surface area contributed by atoms with E-state index in [-0.39, 0.29) is 17.4 Å². The van der Waals surface area contributed by atoms with Gasteiger partial charge in [0.25, 0.3) is 0 Å². The number of aromatic hydroxyl groups is 2. The predicted octanol–water partition coefficient (Wildman–Crippen LogP) is 6.14. The topological polar surface area (TPSA) is 97.0 Å². The first-order valence-corrected chi connectivity index (χ1v) is 13.0. The first-order valence-electron chi connectivity index (χ1n) is 12.0. The third kappa shape index (κ3) is 5.49. The molecule has 0 aliphatic heterocycles. The quantitative estimate of drug-likeness (QED) is 0.242. The number of phenols is 2. The van der Waals surface area contributed by atoms with E-state index < -0.39 is 0 Å². The van der Waals surface area contributed by atoms with Crippen molar-refractivity contribution < 1.29 is 10.2 Å². The van der Waals surface area contributed by atoms with Crippen molar-refractivity contribution in [3.8, 4) is 28.6 Å². The summed E-state index contributed by atoms with van der Waals surface area (Å²) < 4.78 is 1.95. The lowest BCUT2D eigenvalue weighted by molar-refractivity contribution is 0.444. The molecule has 0 bridgehead atoms. The maximum atomic E-state index is 10.8. The number of nitrogens with zero attached hydrogens (tertiary/aromatic N) is 5. The van der Waals surface area contributed by atoms with Crippen molar-refractivity contribution in [3.05, 3.63) is 108 Å². The molecule has 3 aromatic heterocycles. The van der Waals surface area contributed by atoms with Crippen molar-refractivity contribution in [3.63, 3.8) is 0 Å². The Hall–Kier alpha value is -4.17. The van der Waals surface area contributed by atoms with Crippen LogP contribution < -0.4 is 0 Å². The van der Waals surface area contributed by atoms with E-state index in [4.69, 9.17) is 0 Å². The van der Waals surface area contributed by atoms with Gasteiger partial charge in [0.15, 0.2) is 11.0 Å². The van der Waals surface area contributed by atoms with Crippen LogP contribution in [0.3, 0.4) is 0 Å². The smallest absolute Gasteiger partial charge is 0.196 e. The Bertz CT molecular complexity index is 1490. The Labute approximate surface area is 219 Å². The molecular weight excluding hydrogens is 482 g/mol. The molecule has 186 valence electrons. The molecular formula is C29H27N5O2S. The molecule has 2 N–H and O–H groups in total. The highest BCUT2D eigenvalue weighted by atomic mass is 32.2. The van der Waals surface area contributed by atoms with Crippen molar-refractivity contribution in [2.75, 3.05) is 0 Å². The molecule has 0 spiro atoms. The second-order valence-corrected chi connectivity index (χ2v) is 10.0. The molecule has 0 aliphatic carbocycles. The molecule has 0 radical (unpaired) electrons. The average molecular weight is 510 g/mol. The number of thioether (sulfide) groups is 1. The monoisotopic (exact) mass is 509 g/mol. The van der Waals surface area contributed by atoms with Gasteiger partial charge >= 0.3 is 0 Å². The van der Waals surface area contributed by atoms with Gasteiger partial charge in [-0.15, -0.1) is 10.2 Å². The minimum absolute atomic E-state index is 0.0486. The molecule has 8 heteroatoms. The van der Waals surface area contributed by atoms with Crippen LogP contribution in [0.1, 0.15) is 42.0 Å². The number of pyridine rings is 2. The molecule has 2 aromatic carbocycles. The van der Waals surface area contributed by atoms with Crippen LogP contribution in [0.4, 0.5) is 0 Å². The SMILES string of the molecule is CC(C)c1cc(-c2nnc(SCc3cccnc3)n2-c2ccc(Cc3cccnc3)cc2)c(O)cc1O. The normalized spacial score (nSPS) is 11.2. The second-order valence-electron chi connectivity index (χ2n) is 9.08. The first-order chi connectivity index (χ1) is 18.0. The van der Waals surface area contributed by atoms with E-state index >= 15 is 0 Å². The van der Waals surface area contributed by atoms with Crippen LogP contribution in [-0.4, -0.2) is 34.9 Å². The van der Waals surface area contributed by atoms with Crippen LogP contribution in [0.15, 0.2) is 90.6 Å². The molecule has 7 nitrogen and oxygen atoms in total. The van der Waals surface area contributed by atoms with Crippen molar-refractivity contribution in [2.24, 2.45) is 0 Å². The largest absolute Gasteiger partial charge is 0.508 e. The Balaban J connectivity index is 1.55. The summed E-state index contributed by atoms with van der Waals surface area (Å²) >= 11 is 1.55. The van der Waals surface area contributed by atoms with Gasteiger partial charge in [0, 0.05) is 42.3 Å². The minimum atomic E-state index is -0.0486. The Morgan fingerprint density at radius 3 is 2.16 bits per heavy atom. The van der Waals surface area contributed by atoms with E-state index in [1.807, 2.05) is 61.1 Å². The van der Waals surface area contributed by atoms with Gasteiger partial charge < -0.3 is 10.2 Å². The standard InChI is InChI=1S/C29H27N5O2S/c1-19(2)24-14-25(27(36)15-26(24)35)28-32-33-29(37-18-22-6-4-12-31-17-22)34(28)23-9-7-20(8-10-23)13-21-5-3-11-30-16-21/h3-12,14-17,19,35-36H,13,18H2,1-2H3. The lowest BCUT2D eigenvalue weighted by atomic mass is 9.98. The molecule has 37 heavy (non-hydrogen) atoms. The zero-order valence-corrected chi connectivity index (χ0v) is 21.4. The molecule has 0 amide bonds. The summed E-state index contributed by atoms with van der Waals surface area (Å²) in [6.45, 7) is 3.99. The van der Waals surface area contributed by atoms with E-state index in [1.54, 1.807) is 30.2 Å². The summed E-state index contributed by atoms with van der Waals surface area (Å²) in [5.74, 6) is 1.26. The summed E-state index contributed by atoms with van der Waals surface area (Å²) in [4.78, 5) is 8.41. The molecule has 0 saturated heterocycles. The van der Waals surface area contributed by atoms with Gasteiger partial charge in [-0.3, -0.25) is 14.5 Å². The van der Waals surface area contributed by atoms with Crippen molar-refractivity contribution in [2.45, 2.75) is 37.1 Å². The summed E-state index contributed by atoms with van der Waals surface area (Å²) in [5, 5.41) is 30.8.